The molecule has 106 valence electrons. The topological polar surface area (TPSA) is 52.3 Å². The summed E-state index contributed by atoms with van der Waals surface area (Å²) >= 11 is 1.76. The van der Waals surface area contributed by atoms with Crippen LogP contribution in [0.2, 0.25) is 0 Å². The van der Waals surface area contributed by atoms with Gasteiger partial charge in [0.15, 0.2) is 0 Å². The number of benzene rings is 1. The van der Waals surface area contributed by atoms with Gasteiger partial charge < -0.3 is 10.5 Å². The number of ether oxygens (including phenoxy) is 1. The monoisotopic (exact) mass is 281 g/mol. The van der Waals surface area contributed by atoms with Crippen LogP contribution in [0, 0.1) is 6.92 Å². The molecule has 0 spiro atoms. The SMILES string of the molecule is CCCOC(=O)c1cc(SC(C)CC)cc(C)c1N. The number of nitrogens with two attached hydrogens (primary N) is 1. The highest BCUT2D eigenvalue weighted by atomic mass is 32.2. The molecular weight excluding hydrogens is 258 g/mol. The summed E-state index contributed by atoms with van der Waals surface area (Å²) in [7, 11) is 0. The molecule has 1 aromatic rings. The Morgan fingerprint density at radius 2 is 2.11 bits per heavy atom. The van der Waals surface area contributed by atoms with Crippen LogP contribution in [0.1, 0.15) is 49.5 Å². The Bertz CT molecular complexity index is 446. The average molecular weight is 281 g/mol. The number of esters is 1. The van der Waals surface area contributed by atoms with Crippen molar-refractivity contribution in [3.8, 4) is 0 Å². The van der Waals surface area contributed by atoms with Gasteiger partial charge in [0, 0.05) is 15.8 Å². The Kier molecular flexibility index (Phi) is 6.22. The smallest absolute Gasteiger partial charge is 0.340 e. The van der Waals surface area contributed by atoms with Gasteiger partial charge in [-0.15, -0.1) is 11.8 Å². The molecular formula is C15H23NO2S. The number of anilines is 1. The van der Waals surface area contributed by atoms with Crippen molar-refractivity contribution >= 4 is 23.4 Å². The predicted octanol–water partition coefficient (Wildman–Crippen LogP) is 4.03. The lowest BCUT2D eigenvalue weighted by Gasteiger charge is -2.13. The van der Waals surface area contributed by atoms with Crippen LogP contribution in [0.4, 0.5) is 5.69 Å². The van der Waals surface area contributed by atoms with Gasteiger partial charge in [0.2, 0.25) is 0 Å². The zero-order chi connectivity index (χ0) is 14.4. The lowest BCUT2D eigenvalue weighted by molar-refractivity contribution is 0.0506. The second kappa shape index (κ2) is 7.43. The van der Waals surface area contributed by atoms with Crippen LogP contribution in [0.3, 0.4) is 0 Å². The minimum Gasteiger partial charge on any atom is -0.462 e. The molecule has 0 radical (unpaired) electrons. The fraction of sp³-hybridized carbons (Fsp3) is 0.533. The summed E-state index contributed by atoms with van der Waals surface area (Å²) < 4.78 is 5.17. The van der Waals surface area contributed by atoms with E-state index in [1.807, 2.05) is 26.0 Å². The van der Waals surface area contributed by atoms with Gasteiger partial charge in [0.1, 0.15) is 0 Å². The second-order valence-corrected chi connectivity index (χ2v) is 6.19. The number of carbonyl (C=O) groups excluding carboxylic acids is 1. The van der Waals surface area contributed by atoms with Crippen LogP contribution in [-0.4, -0.2) is 17.8 Å². The summed E-state index contributed by atoms with van der Waals surface area (Å²) in [4.78, 5) is 13.0. The first-order valence-electron chi connectivity index (χ1n) is 6.73. The first kappa shape index (κ1) is 15.9. The number of carbonyl (C=O) groups is 1. The van der Waals surface area contributed by atoms with E-state index in [9.17, 15) is 4.79 Å². The number of nitrogen functional groups attached to an aromatic ring is 1. The largest absolute Gasteiger partial charge is 0.462 e. The quantitative estimate of drug-likeness (QED) is 0.486. The van der Waals surface area contributed by atoms with Crippen LogP contribution in [-0.2, 0) is 4.74 Å². The summed E-state index contributed by atoms with van der Waals surface area (Å²) in [6.45, 7) is 8.65. The molecule has 1 unspecified atom stereocenters. The predicted molar refractivity (Wildman–Crippen MR) is 81.8 cm³/mol. The molecule has 0 aromatic heterocycles. The first-order valence-corrected chi connectivity index (χ1v) is 7.61. The van der Waals surface area contributed by atoms with Gasteiger partial charge >= 0.3 is 5.97 Å². The van der Waals surface area contributed by atoms with Gasteiger partial charge in [-0.25, -0.2) is 4.79 Å². The van der Waals surface area contributed by atoms with E-state index in [0.717, 1.165) is 23.3 Å². The highest BCUT2D eigenvalue weighted by Gasteiger charge is 2.15. The van der Waals surface area contributed by atoms with Crippen molar-refractivity contribution in [2.75, 3.05) is 12.3 Å². The average Bonchev–Trinajstić information content (AvgIpc) is 2.39. The number of thioether (sulfide) groups is 1. The van der Waals surface area contributed by atoms with E-state index in [0.29, 0.717) is 23.1 Å². The fourth-order valence-electron chi connectivity index (χ4n) is 1.59. The molecule has 0 aliphatic rings. The standard InChI is InChI=1S/C15H23NO2S/c1-5-7-18-15(17)13-9-12(19-11(4)6-2)8-10(3)14(13)16/h8-9,11H,5-7,16H2,1-4H3. The van der Waals surface area contributed by atoms with E-state index in [1.54, 1.807) is 11.8 Å². The maximum absolute atomic E-state index is 12.0. The molecule has 0 saturated heterocycles. The Hall–Kier alpha value is -1.16. The van der Waals surface area contributed by atoms with Gasteiger partial charge in [-0.3, -0.25) is 0 Å². The maximum atomic E-state index is 12.0. The lowest BCUT2D eigenvalue weighted by atomic mass is 10.1. The van der Waals surface area contributed by atoms with Crippen molar-refractivity contribution in [1.29, 1.82) is 0 Å². The van der Waals surface area contributed by atoms with E-state index in [1.165, 1.54) is 0 Å². The Balaban J connectivity index is 2.99. The molecule has 0 saturated carbocycles. The molecule has 0 aliphatic carbocycles. The highest BCUT2D eigenvalue weighted by Crippen LogP contribution is 2.30. The molecule has 0 fully saturated rings. The first-order chi connectivity index (χ1) is 8.99. The summed E-state index contributed by atoms with van der Waals surface area (Å²) in [5.74, 6) is -0.325. The van der Waals surface area contributed by atoms with Gasteiger partial charge in [-0.1, -0.05) is 20.8 Å². The number of hydrogen-bond acceptors (Lipinski definition) is 4. The van der Waals surface area contributed by atoms with Gasteiger partial charge in [-0.05, 0) is 37.5 Å². The Labute approximate surface area is 119 Å². The number of rotatable bonds is 6. The Morgan fingerprint density at radius 3 is 2.68 bits per heavy atom. The van der Waals surface area contributed by atoms with Gasteiger partial charge in [-0.2, -0.15) is 0 Å². The molecule has 0 amide bonds. The van der Waals surface area contributed by atoms with Crippen molar-refractivity contribution in [3.63, 3.8) is 0 Å². The lowest BCUT2D eigenvalue weighted by Crippen LogP contribution is -2.10. The third kappa shape index (κ3) is 4.46. The van der Waals surface area contributed by atoms with Gasteiger partial charge in [0.05, 0.1) is 12.2 Å². The summed E-state index contributed by atoms with van der Waals surface area (Å²) in [6.07, 6.45) is 1.90. The highest BCUT2D eigenvalue weighted by molar-refractivity contribution is 7.99. The molecule has 3 nitrogen and oxygen atoms in total. The van der Waals surface area contributed by atoms with E-state index in [4.69, 9.17) is 10.5 Å². The third-order valence-corrected chi connectivity index (χ3v) is 4.17. The summed E-state index contributed by atoms with van der Waals surface area (Å²) in [6, 6.07) is 3.87. The molecule has 19 heavy (non-hydrogen) atoms. The minimum atomic E-state index is -0.325. The molecule has 1 aromatic carbocycles. The van der Waals surface area contributed by atoms with Crippen LogP contribution in [0.5, 0.6) is 0 Å². The zero-order valence-electron chi connectivity index (χ0n) is 12.2. The Morgan fingerprint density at radius 1 is 1.42 bits per heavy atom. The molecule has 0 bridgehead atoms. The van der Waals surface area contributed by atoms with Crippen molar-refractivity contribution in [2.45, 2.75) is 50.7 Å². The van der Waals surface area contributed by atoms with E-state index < -0.39 is 0 Å². The zero-order valence-corrected chi connectivity index (χ0v) is 13.0. The molecule has 1 rings (SSSR count). The van der Waals surface area contributed by atoms with Crippen molar-refractivity contribution in [3.05, 3.63) is 23.3 Å². The van der Waals surface area contributed by atoms with Crippen molar-refractivity contribution in [2.24, 2.45) is 0 Å². The van der Waals surface area contributed by atoms with Crippen LogP contribution >= 0.6 is 11.8 Å². The van der Waals surface area contributed by atoms with E-state index in [2.05, 4.69) is 13.8 Å². The van der Waals surface area contributed by atoms with Crippen LogP contribution < -0.4 is 5.73 Å². The molecule has 4 heteroatoms. The van der Waals surface area contributed by atoms with Crippen LogP contribution in [0.15, 0.2) is 17.0 Å². The molecule has 0 aliphatic heterocycles. The minimum absolute atomic E-state index is 0.325. The van der Waals surface area contributed by atoms with Crippen molar-refractivity contribution < 1.29 is 9.53 Å². The maximum Gasteiger partial charge on any atom is 0.340 e. The number of hydrogen-bond donors (Lipinski definition) is 1. The van der Waals surface area contributed by atoms with E-state index >= 15 is 0 Å². The third-order valence-electron chi connectivity index (χ3n) is 2.93. The normalized spacial score (nSPS) is 12.2. The fourth-order valence-corrected chi connectivity index (χ4v) is 2.65. The number of aryl methyl sites for hydroxylation is 1. The molecule has 1 atom stereocenters. The van der Waals surface area contributed by atoms with Crippen molar-refractivity contribution in [1.82, 2.24) is 0 Å². The second-order valence-electron chi connectivity index (χ2n) is 4.67. The molecule has 0 heterocycles. The van der Waals surface area contributed by atoms with Gasteiger partial charge in [0.25, 0.3) is 0 Å². The summed E-state index contributed by atoms with van der Waals surface area (Å²) in [5.41, 5.74) is 7.91. The van der Waals surface area contributed by atoms with E-state index in [-0.39, 0.29) is 5.97 Å². The van der Waals surface area contributed by atoms with Crippen LogP contribution in [0.25, 0.3) is 0 Å². The molecule has 2 N–H and O–H groups in total. The summed E-state index contributed by atoms with van der Waals surface area (Å²) in [5, 5.41) is 0.516.